The highest BCUT2D eigenvalue weighted by Gasteiger charge is 2.53. The average Bonchev–Trinajstić information content (AvgIpc) is 2.81. The van der Waals surface area contributed by atoms with Gasteiger partial charge in [0.2, 0.25) is 11.8 Å². The Morgan fingerprint density at radius 2 is 1.68 bits per heavy atom. The van der Waals surface area contributed by atoms with Crippen LogP contribution < -0.4 is 15.4 Å². The number of carbonyl (C=O) groups is 2. The first-order chi connectivity index (χ1) is 16.2. The van der Waals surface area contributed by atoms with E-state index < -0.39 is 5.85 Å². The predicted octanol–water partition coefficient (Wildman–Crippen LogP) is 6.01. The molecule has 1 aliphatic carbocycles. The smallest absolute Gasteiger partial charge is 0.266 e. The van der Waals surface area contributed by atoms with Gasteiger partial charge >= 0.3 is 0 Å². The molecule has 2 amide bonds. The standard InChI is InChI=1S/C28H44N2O4/c1-6-9-10-13-16-27(4,5)19-17-22(31)26-20-14-11-12-15-21(20)28(29-24(32)7-2,30-25(33)8-3)34-23(26)18-19/h17-18,20-21,31H,6-16H2,1-5H3,(H,29,32)(H,30,33). The Morgan fingerprint density at radius 3 is 2.29 bits per heavy atom. The van der Waals surface area contributed by atoms with Crippen molar-refractivity contribution in [3.63, 3.8) is 0 Å². The maximum absolute atomic E-state index is 12.6. The van der Waals surface area contributed by atoms with Gasteiger partial charge in [-0.05, 0) is 42.4 Å². The minimum atomic E-state index is -1.30. The Labute approximate surface area is 205 Å². The van der Waals surface area contributed by atoms with E-state index in [0.29, 0.717) is 18.6 Å². The van der Waals surface area contributed by atoms with Gasteiger partial charge in [-0.3, -0.25) is 9.59 Å². The van der Waals surface area contributed by atoms with Crippen LogP contribution in [0.5, 0.6) is 11.5 Å². The van der Waals surface area contributed by atoms with Crippen molar-refractivity contribution < 1.29 is 19.4 Å². The van der Waals surface area contributed by atoms with Gasteiger partial charge in [0.15, 0.2) is 0 Å². The number of aromatic hydroxyl groups is 1. The number of ether oxygens (including phenoxy) is 1. The Hall–Kier alpha value is -2.24. The van der Waals surface area contributed by atoms with Crippen LogP contribution in [0.15, 0.2) is 12.1 Å². The Bertz CT molecular complexity index is 861. The molecular formula is C28H44N2O4. The molecule has 6 nitrogen and oxygen atoms in total. The van der Waals surface area contributed by atoms with E-state index in [9.17, 15) is 14.7 Å². The van der Waals surface area contributed by atoms with Crippen LogP contribution in [0.4, 0.5) is 0 Å². The summed E-state index contributed by atoms with van der Waals surface area (Å²) < 4.78 is 6.57. The number of phenols is 1. The highest BCUT2D eigenvalue weighted by atomic mass is 16.5. The van der Waals surface area contributed by atoms with Gasteiger partial charge in [0, 0.05) is 30.2 Å². The van der Waals surface area contributed by atoms with Gasteiger partial charge in [0.05, 0.1) is 0 Å². The van der Waals surface area contributed by atoms with Crippen LogP contribution in [0.1, 0.15) is 122 Å². The zero-order valence-electron chi connectivity index (χ0n) is 21.8. The molecule has 1 aliphatic heterocycles. The molecule has 0 spiro atoms. The van der Waals surface area contributed by atoms with Gasteiger partial charge in [-0.15, -0.1) is 0 Å². The topological polar surface area (TPSA) is 87.7 Å². The number of rotatable bonds is 10. The quantitative estimate of drug-likeness (QED) is 0.287. The number of unbranched alkanes of at least 4 members (excludes halogenated alkanes) is 3. The maximum atomic E-state index is 12.6. The second kappa shape index (κ2) is 11.0. The van der Waals surface area contributed by atoms with Crippen LogP contribution in [-0.2, 0) is 15.0 Å². The summed E-state index contributed by atoms with van der Waals surface area (Å²) in [5, 5.41) is 17.3. The Morgan fingerprint density at radius 1 is 1.03 bits per heavy atom. The molecule has 2 aliphatic rings. The van der Waals surface area contributed by atoms with Crippen LogP contribution in [0.25, 0.3) is 0 Å². The zero-order chi connectivity index (χ0) is 24.9. The van der Waals surface area contributed by atoms with Crippen molar-refractivity contribution in [1.29, 1.82) is 0 Å². The lowest BCUT2D eigenvalue weighted by molar-refractivity contribution is -0.148. The van der Waals surface area contributed by atoms with E-state index >= 15 is 0 Å². The van der Waals surface area contributed by atoms with Crippen molar-refractivity contribution in [2.24, 2.45) is 5.92 Å². The number of nitrogens with one attached hydrogen (secondary N) is 2. The van der Waals surface area contributed by atoms with Crippen molar-refractivity contribution in [1.82, 2.24) is 10.6 Å². The number of benzene rings is 1. The van der Waals surface area contributed by atoms with Gasteiger partial charge in [0.1, 0.15) is 11.5 Å². The Kier molecular flexibility index (Phi) is 8.53. The first-order valence-corrected chi connectivity index (χ1v) is 13.4. The summed E-state index contributed by atoms with van der Waals surface area (Å²) in [4.78, 5) is 25.2. The molecule has 190 valence electrons. The van der Waals surface area contributed by atoms with Crippen LogP contribution in [0.2, 0.25) is 0 Å². The lowest BCUT2D eigenvalue weighted by Gasteiger charge is -2.50. The van der Waals surface area contributed by atoms with E-state index in [1.807, 2.05) is 12.1 Å². The molecule has 2 unspecified atom stereocenters. The van der Waals surface area contributed by atoms with Gasteiger partial charge in [-0.2, -0.15) is 0 Å². The SMILES string of the molecule is CCCCCCC(C)(C)c1cc(O)c2c(c1)OC(NC(=O)CC)(NC(=O)CC)C1CCCCC21. The maximum Gasteiger partial charge on any atom is 0.266 e. The second-order valence-corrected chi connectivity index (χ2v) is 10.7. The first-order valence-electron chi connectivity index (χ1n) is 13.4. The molecule has 6 heteroatoms. The third-order valence-corrected chi connectivity index (χ3v) is 7.78. The molecule has 0 aromatic heterocycles. The molecule has 0 bridgehead atoms. The average molecular weight is 473 g/mol. The predicted molar refractivity (Wildman–Crippen MR) is 135 cm³/mol. The van der Waals surface area contributed by atoms with Gasteiger partial charge in [-0.1, -0.05) is 73.1 Å². The molecule has 34 heavy (non-hydrogen) atoms. The summed E-state index contributed by atoms with van der Waals surface area (Å²) in [7, 11) is 0. The molecule has 1 aromatic rings. The number of hydrogen-bond donors (Lipinski definition) is 3. The highest BCUT2D eigenvalue weighted by molar-refractivity contribution is 5.80. The first kappa shape index (κ1) is 26.4. The lowest BCUT2D eigenvalue weighted by Crippen LogP contribution is -2.71. The summed E-state index contributed by atoms with van der Waals surface area (Å²) in [6.45, 7) is 10.2. The van der Waals surface area contributed by atoms with Gasteiger partial charge in [-0.25, -0.2) is 0 Å². The summed E-state index contributed by atoms with van der Waals surface area (Å²) in [6, 6.07) is 3.95. The molecule has 1 heterocycles. The lowest BCUT2D eigenvalue weighted by atomic mass is 9.69. The van der Waals surface area contributed by atoms with Crippen LogP contribution in [0, 0.1) is 5.92 Å². The van der Waals surface area contributed by atoms with E-state index in [2.05, 4.69) is 31.4 Å². The third-order valence-electron chi connectivity index (χ3n) is 7.78. The van der Waals surface area contributed by atoms with Crippen LogP contribution in [0.3, 0.4) is 0 Å². The fraction of sp³-hybridized carbons (Fsp3) is 0.714. The van der Waals surface area contributed by atoms with E-state index in [1.54, 1.807) is 13.8 Å². The largest absolute Gasteiger partial charge is 0.508 e. The zero-order valence-corrected chi connectivity index (χ0v) is 21.8. The van der Waals surface area contributed by atoms with Crippen molar-refractivity contribution in [2.75, 3.05) is 0 Å². The molecule has 0 radical (unpaired) electrons. The summed E-state index contributed by atoms with van der Waals surface area (Å²) in [6.07, 6.45) is 10.1. The second-order valence-electron chi connectivity index (χ2n) is 10.7. The van der Waals surface area contributed by atoms with Crippen LogP contribution >= 0.6 is 0 Å². The van der Waals surface area contributed by atoms with Gasteiger partial charge in [0.25, 0.3) is 5.85 Å². The summed E-state index contributed by atoms with van der Waals surface area (Å²) in [5.74, 6) is -0.918. The summed E-state index contributed by atoms with van der Waals surface area (Å²) in [5.41, 5.74) is 1.71. The van der Waals surface area contributed by atoms with E-state index in [1.165, 1.54) is 19.3 Å². The fourth-order valence-electron chi connectivity index (χ4n) is 5.67. The molecule has 3 rings (SSSR count). The van der Waals surface area contributed by atoms with Crippen molar-refractivity contribution in [2.45, 2.75) is 122 Å². The van der Waals surface area contributed by atoms with Crippen molar-refractivity contribution >= 4 is 11.8 Å². The minimum Gasteiger partial charge on any atom is -0.508 e. The fourth-order valence-corrected chi connectivity index (χ4v) is 5.67. The monoisotopic (exact) mass is 472 g/mol. The molecule has 3 N–H and O–H groups in total. The molecule has 0 saturated heterocycles. The van der Waals surface area contributed by atoms with Crippen molar-refractivity contribution in [3.8, 4) is 11.5 Å². The normalized spacial score (nSPS) is 21.1. The number of carbonyl (C=O) groups excluding carboxylic acids is 2. The molecule has 1 fully saturated rings. The molecule has 1 saturated carbocycles. The number of phenolic OH excluding ortho intramolecular Hbond substituents is 1. The van der Waals surface area contributed by atoms with Crippen molar-refractivity contribution in [3.05, 3.63) is 23.3 Å². The minimum absolute atomic E-state index is 0.00790. The van der Waals surface area contributed by atoms with Gasteiger partial charge < -0.3 is 20.5 Å². The molecule has 2 atom stereocenters. The highest BCUT2D eigenvalue weighted by Crippen LogP contribution is 2.54. The third kappa shape index (κ3) is 5.52. The van der Waals surface area contributed by atoms with Crippen LogP contribution in [-0.4, -0.2) is 22.8 Å². The molecule has 1 aromatic carbocycles. The number of hydrogen-bond acceptors (Lipinski definition) is 4. The van der Waals surface area contributed by atoms with E-state index in [0.717, 1.165) is 49.7 Å². The van der Waals surface area contributed by atoms with E-state index in [4.69, 9.17) is 4.74 Å². The number of amides is 2. The number of fused-ring (bicyclic) bond motifs is 3. The summed E-state index contributed by atoms with van der Waals surface area (Å²) >= 11 is 0. The Balaban J connectivity index is 2.05. The van der Waals surface area contributed by atoms with E-state index in [-0.39, 0.29) is 34.8 Å². The molecular weight excluding hydrogens is 428 g/mol.